The van der Waals surface area contributed by atoms with Crippen molar-refractivity contribution in [2.24, 2.45) is 0 Å². The summed E-state index contributed by atoms with van der Waals surface area (Å²) in [5.74, 6) is -0.0420. The van der Waals surface area contributed by atoms with Crippen LogP contribution in [-0.2, 0) is 39.2 Å². The lowest BCUT2D eigenvalue weighted by molar-refractivity contribution is -0.145. The van der Waals surface area contributed by atoms with Crippen LogP contribution in [0.4, 0.5) is 0 Å². The van der Waals surface area contributed by atoms with E-state index in [-0.39, 0.29) is 25.4 Å². The molecule has 11 heteroatoms. The van der Waals surface area contributed by atoms with Crippen molar-refractivity contribution in [3.05, 3.63) is 77.6 Å². The molecule has 1 aliphatic rings. The third kappa shape index (κ3) is 6.24. The smallest absolute Gasteiger partial charge is 0.325 e. The van der Waals surface area contributed by atoms with E-state index >= 15 is 0 Å². The zero-order valence-electron chi connectivity index (χ0n) is 19.8. The number of esters is 1. The van der Waals surface area contributed by atoms with Crippen molar-refractivity contribution in [3.8, 4) is 5.75 Å². The van der Waals surface area contributed by atoms with Crippen molar-refractivity contribution in [1.82, 2.24) is 24.2 Å². The number of hydrogen-bond acceptors (Lipinski definition) is 8. The molecule has 3 aromatic rings. The average Bonchev–Trinajstić information content (AvgIpc) is 3.26. The number of sulfonamides is 1. The highest BCUT2D eigenvalue weighted by atomic mass is 32.2. The molecule has 1 saturated heterocycles. The summed E-state index contributed by atoms with van der Waals surface area (Å²) in [6.45, 7) is 1.47. The highest BCUT2D eigenvalue weighted by Crippen LogP contribution is 2.22. The molecule has 0 saturated carbocycles. The number of carbonyl (C=O) groups is 1. The van der Waals surface area contributed by atoms with E-state index < -0.39 is 22.0 Å². The molecule has 35 heavy (non-hydrogen) atoms. The number of hydrogen-bond donors (Lipinski definition) is 0. The van der Waals surface area contributed by atoms with E-state index in [4.69, 9.17) is 9.47 Å². The zero-order valence-corrected chi connectivity index (χ0v) is 20.6. The number of carbonyl (C=O) groups excluding carboxylic acids is 1. The molecule has 0 N–H and O–H groups in total. The molecule has 0 amide bonds. The van der Waals surface area contributed by atoms with Gasteiger partial charge in [-0.25, -0.2) is 13.1 Å². The van der Waals surface area contributed by atoms with Crippen LogP contribution in [0, 0.1) is 0 Å². The van der Waals surface area contributed by atoms with Crippen LogP contribution in [0.2, 0.25) is 0 Å². The Bertz CT molecular complexity index is 1230. The Hall–Kier alpha value is -3.28. The van der Waals surface area contributed by atoms with Crippen LogP contribution in [-0.4, -0.2) is 77.7 Å². The Kier molecular flexibility index (Phi) is 7.79. The van der Waals surface area contributed by atoms with Gasteiger partial charge < -0.3 is 9.47 Å². The Morgan fingerprint density at radius 3 is 2.40 bits per heavy atom. The first-order chi connectivity index (χ1) is 16.9. The molecule has 1 fully saturated rings. The van der Waals surface area contributed by atoms with Crippen LogP contribution in [0.5, 0.6) is 5.75 Å². The lowest BCUT2D eigenvalue weighted by Crippen LogP contribution is -2.48. The summed E-state index contributed by atoms with van der Waals surface area (Å²) in [4.78, 5) is 14.6. The Morgan fingerprint density at radius 2 is 1.71 bits per heavy atom. The highest BCUT2D eigenvalue weighted by molar-refractivity contribution is 7.89. The van der Waals surface area contributed by atoms with Crippen LogP contribution in [0.1, 0.15) is 16.8 Å². The molecule has 1 atom stereocenters. The minimum absolute atomic E-state index is 0.0627. The first-order valence-corrected chi connectivity index (χ1v) is 12.8. The Morgan fingerprint density at radius 1 is 1.00 bits per heavy atom. The first kappa shape index (κ1) is 24.8. The van der Waals surface area contributed by atoms with Crippen LogP contribution in [0.25, 0.3) is 0 Å². The maximum Gasteiger partial charge on any atom is 0.325 e. The SMILES string of the molecule is COC(=O)C1CN(Cc2cn(Cc3ccccc3)nn2)CCS(=O)(=O)N1Cc1ccc(OC)cc1. The fraction of sp³-hybridized carbons (Fsp3) is 0.375. The van der Waals surface area contributed by atoms with E-state index in [1.54, 1.807) is 36.1 Å². The minimum Gasteiger partial charge on any atom is -0.497 e. The van der Waals surface area contributed by atoms with Gasteiger partial charge in [0.2, 0.25) is 10.0 Å². The van der Waals surface area contributed by atoms with E-state index in [1.807, 2.05) is 41.4 Å². The minimum atomic E-state index is -3.72. The van der Waals surface area contributed by atoms with E-state index in [0.717, 1.165) is 11.1 Å². The van der Waals surface area contributed by atoms with Crippen molar-refractivity contribution in [2.75, 3.05) is 33.1 Å². The molecule has 4 rings (SSSR count). The lowest BCUT2D eigenvalue weighted by atomic mass is 10.2. The van der Waals surface area contributed by atoms with Gasteiger partial charge in [0.15, 0.2) is 0 Å². The van der Waals surface area contributed by atoms with Crippen molar-refractivity contribution in [2.45, 2.75) is 25.7 Å². The second kappa shape index (κ2) is 11.0. The van der Waals surface area contributed by atoms with Gasteiger partial charge in [-0.15, -0.1) is 5.10 Å². The lowest BCUT2D eigenvalue weighted by Gasteiger charge is -2.28. The molecule has 1 unspecified atom stereocenters. The molecule has 2 heterocycles. The van der Waals surface area contributed by atoms with Crippen molar-refractivity contribution in [1.29, 1.82) is 0 Å². The molecule has 0 bridgehead atoms. The van der Waals surface area contributed by atoms with Gasteiger partial charge in [-0.2, -0.15) is 4.31 Å². The summed E-state index contributed by atoms with van der Waals surface area (Å²) >= 11 is 0. The number of aromatic nitrogens is 3. The van der Waals surface area contributed by atoms with Gasteiger partial charge in [0.25, 0.3) is 0 Å². The molecule has 0 spiro atoms. The van der Waals surface area contributed by atoms with Gasteiger partial charge in [-0.05, 0) is 23.3 Å². The number of benzene rings is 2. The molecular weight excluding hydrogens is 470 g/mol. The number of ether oxygens (including phenoxy) is 2. The van der Waals surface area contributed by atoms with E-state index in [2.05, 4.69) is 10.3 Å². The second-order valence-corrected chi connectivity index (χ2v) is 10.4. The standard InChI is InChI=1S/C24H29N5O5S/c1-33-22-10-8-20(9-11-22)15-29-23(24(30)34-2)18-27(12-13-35(29,31)32)16-21-17-28(26-25-21)14-19-6-4-3-5-7-19/h3-11,17,23H,12-16,18H2,1-2H3. The summed E-state index contributed by atoms with van der Waals surface area (Å²) < 4.78 is 39.6. The maximum atomic E-state index is 13.2. The summed E-state index contributed by atoms with van der Waals surface area (Å²) in [5, 5.41) is 8.44. The van der Waals surface area contributed by atoms with Crippen molar-refractivity contribution >= 4 is 16.0 Å². The molecule has 1 aliphatic heterocycles. The normalized spacial score (nSPS) is 18.6. The molecule has 0 aliphatic carbocycles. The summed E-state index contributed by atoms with van der Waals surface area (Å²) in [6, 6.07) is 16.0. The van der Waals surface area contributed by atoms with E-state index in [1.165, 1.54) is 11.4 Å². The van der Waals surface area contributed by atoms with Crippen LogP contribution in [0.15, 0.2) is 60.8 Å². The van der Waals surface area contributed by atoms with Gasteiger partial charge >= 0.3 is 5.97 Å². The third-order valence-corrected chi connectivity index (χ3v) is 7.73. The quantitative estimate of drug-likeness (QED) is 0.430. The predicted octanol–water partition coefficient (Wildman–Crippen LogP) is 1.52. The molecule has 0 radical (unpaired) electrons. The molecule has 1 aromatic heterocycles. The molecular formula is C24H29N5O5S. The van der Waals surface area contributed by atoms with Crippen LogP contribution < -0.4 is 4.74 Å². The second-order valence-electron chi connectivity index (χ2n) is 8.38. The van der Waals surface area contributed by atoms with Gasteiger partial charge in [-0.1, -0.05) is 47.7 Å². The van der Waals surface area contributed by atoms with Gasteiger partial charge in [0, 0.05) is 26.2 Å². The Balaban J connectivity index is 1.50. The number of methoxy groups -OCH3 is 2. The van der Waals surface area contributed by atoms with E-state index in [0.29, 0.717) is 24.5 Å². The van der Waals surface area contributed by atoms with Crippen molar-refractivity contribution in [3.63, 3.8) is 0 Å². The fourth-order valence-corrected chi connectivity index (χ4v) is 5.67. The van der Waals surface area contributed by atoms with E-state index in [9.17, 15) is 13.2 Å². The summed E-state index contributed by atoms with van der Waals surface area (Å²) in [7, 11) is -0.886. The monoisotopic (exact) mass is 499 g/mol. The highest BCUT2D eigenvalue weighted by Gasteiger charge is 2.40. The molecule has 2 aromatic carbocycles. The number of rotatable bonds is 8. The largest absolute Gasteiger partial charge is 0.497 e. The first-order valence-electron chi connectivity index (χ1n) is 11.2. The van der Waals surface area contributed by atoms with Gasteiger partial charge in [0.1, 0.15) is 11.8 Å². The third-order valence-electron chi connectivity index (χ3n) is 5.93. The number of nitrogens with zero attached hydrogens (tertiary/aromatic N) is 5. The molecule has 186 valence electrons. The topological polar surface area (TPSA) is 107 Å². The predicted molar refractivity (Wildman–Crippen MR) is 129 cm³/mol. The maximum absolute atomic E-state index is 13.2. The average molecular weight is 500 g/mol. The fourth-order valence-electron chi connectivity index (χ4n) is 4.06. The zero-order chi connectivity index (χ0) is 24.8. The van der Waals surface area contributed by atoms with Crippen LogP contribution in [0.3, 0.4) is 0 Å². The Labute approximate surface area is 205 Å². The summed E-state index contributed by atoms with van der Waals surface area (Å²) in [5.41, 5.74) is 2.55. The molecule has 10 nitrogen and oxygen atoms in total. The van der Waals surface area contributed by atoms with Gasteiger partial charge in [0.05, 0.1) is 38.4 Å². The van der Waals surface area contributed by atoms with Crippen LogP contribution >= 0.6 is 0 Å². The summed E-state index contributed by atoms with van der Waals surface area (Å²) in [6.07, 6.45) is 1.84. The van der Waals surface area contributed by atoms with Gasteiger partial charge in [-0.3, -0.25) is 9.69 Å². The van der Waals surface area contributed by atoms with Crippen molar-refractivity contribution < 1.29 is 22.7 Å².